The van der Waals surface area contributed by atoms with Gasteiger partial charge in [0.25, 0.3) is 0 Å². The minimum Gasteiger partial charge on any atom is -0.493 e. The fourth-order valence-electron chi connectivity index (χ4n) is 5.40. The van der Waals surface area contributed by atoms with Crippen LogP contribution in [0.2, 0.25) is 0 Å². The Hall–Kier alpha value is -3.06. The van der Waals surface area contributed by atoms with Crippen LogP contribution in [0.15, 0.2) is 47.5 Å². The fourth-order valence-corrected chi connectivity index (χ4v) is 5.40. The van der Waals surface area contributed by atoms with Gasteiger partial charge in [-0.05, 0) is 74.6 Å². The van der Waals surface area contributed by atoms with E-state index in [9.17, 15) is 9.18 Å². The first-order valence-corrected chi connectivity index (χ1v) is 11.9. The quantitative estimate of drug-likeness (QED) is 0.479. The minimum absolute atomic E-state index is 0.134. The van der Waals surface area contributed by atoms with Gasteiger partial charge in [-0.3, -0.25) is 4.79 Å². The first kappa shape index (κ1) is 22.7. The Morgan fingerprint density at radius 3 is 2.53 bits per heavy atom. The maximum atomic E-state index is 13.5. The van der Waals surface area contributed by atoms with Crippen molar-refractivity contribution in [2.24, 2.45) is 5.92 Å². The smallest absolute Gasteiger partial charge is 0.325 e. The standard InChI is InChI=1S/C27H30FNO5/c1-4-31-26(30)27(16(2)17(27)3)22-11-24-25(34-15-33-24)12-23(22)32-14-19-13-29-10-9-21(19)18-5-7-20(28)8-6-18/h5-8,11-12,19,21,29H,4,9-10,13-15H2,1-3H3/t19-,21?/m0/s1. The molecular formula is C27H30FNO5. The van der Waals surface area contributed by atoms with Crippen molar-refractivity contribution < 1.29 is 28.1 Å². The molecule has 0 spiro atoms. The largest absolute Gasteiger partial charge is 0.493 e. The van der Waals surface area contributed by atoms with E-state index in [4.69, 9.17) is 18.9 Å². The van der Waals surface area contributed by atoms with Crippen LogP contribution in [0.5, 0.6) is 17.2 Å². The van der Waals surface area contributed by atoms with Gasteiger partial charge in [-0.25, -0.2) is 4.39 Å². The number of fused-ring (bicyclic) bond motifs is 1. The van der Waals surface area contributed by atoms with Crippen molar-refractivity contribution >= 4 is 5.97 Å². The third kappa shape index (κ3) is 3.72. The summed E-state index contributed by atoms with van der Waals surface area (Å²) in [4.78, 5) is 13.1. The van der Waals surface area contributed by atoms with Crippen molar-refractivity contribution in [3.05, 3.63) is 64.5 Å². The van der Waals surface area contributed by atoms with E-state index in [0.717, 1.165) is 41.8 Å². The summed E-state index contributed by atoms with van der Waals surface area (Å²) in [6, 6.07) is 10.4. The van der Waals surface area contributed by atoms with Gasteiger partial charge < -0.3 is 24.3 Å². The second kappa shape index (κ2) is 8.95. The number of piperidine rings is 1. The van der Waals surface area contributed by atoms with Crippen LogP contribution >= 0.6 is 0 Å². The summed E-state index contributed by atoms with van der Waals surface area (Å²) in [5.41, 5.74) is 2.86. The molecule has 2 aromatic rings. The van der Waals surface area contributed by atoms with E-state index >= 15 is 0 Å². The molecule has 6 nitrogen and oxygen atoms in total. The van der Waals surface area contributed by atoms with E-state index in [1.165, 1.54) is 12.1 Å². The molecule has 0 amide bonds. The molecule has 0 bridgehead atoms. The van der Waals surface area contributed by atoms with Crippen LogP contribution in [0.1, 0.15) is 44.2 Å². The van der Waals surface area contributed by atoms with Crippen LogP contribution in [0, 0.1) is 11.7 Å². The van der Waals surface area contributed by atoms with E-state index in [1.807, 2.05) is 38.1 Å². The van der Waals surface area contributed by atoms with Crippen LogP contribution in [0.25, 0.3) is 0 Å². The second-order valence-corrected chi connectivity index (χ2v) is 9.14. The van der Waals surface area contributed by atoms with E-state index in [0.29, 0.717) is 30.5 Å². The molecule has 1 saturated heterocycles. The van der Waals surface area contributed by atoms with Gasteiger partial charge in [-0.15, -0.1) is 0 Å². The lowest BCUT2D eigenvalue weighted by Gasteiger charge is -2.33. The molecule has 7 heteroatoms. The molecule has 1 N–H and O–H groups in total. The summed E-state index contributed by atoms with van der Waals surface area (Å²) in [6.07, 6.45) is 0.945. The maximum absolute atomic E-state index is 13.5. The average molecular weight is 468 g/mol. The average Bonchev–Trinajstić information content (AvgIpc) is 3.16. The number of ether oxygens (including phenoxy) is 4. The predicted molar refractivity (Wildman–Crippen MR) is 125 cm³/mol. The van der Waals surface area contributed by atoms with Crippen LogP contribution in [-0.4, -0.2) is 39.1 Å². The topological polar surface area (TPSA) is 66.0 Å². The third-order valence-electron chi connectivity index (χ3n) is 7.44. The zero-order chi connectivity index (χ0) is 23.9. The normalized spacial score (nSPS) is 22.5. The molecule has 2 heterocycles. The van der Waals surface area contributed by atoms with Gasteiger partial charge in [0.05, 0.1) is 13.2 Å². The van der Waals surface area contributed by atoms with Gasteiger partial charge >= 0.3 is 5.97 Å². The van der Waals surface area contributed by atoms with Crippen molar-refractivity contribution in [1.29, 1.82) is 0 Å². The van der Waals surface area contributed by atoms with E-state index in [-0.39, 0.29) is 30.4 Å². The molecule has 0 saturated carbocycles. The lowest BCUT2D eigenvalue weighted by molar-refractivity contribution is -0.145. The van der Waals surface area contributed by atoms with Crippen LogP contribution in [-0.2, 0) is 14.9 Å². The summed E-state index contributed by atoms with van der Waals surface area (Å²) in [5, 5.41) is 3.45. The summed E-state index contributed by atoms with van der Waals surface area (Å²) >= 11 is 0. The van der Waals surface area contributed by atoms with Gasteiger partial charge in [-0.2, -0.15) is 0 Å². The molecular weight excluding hydrogens is 437 g/mol. The Bertz CT molecular complexity index is 1110. The number of rotatable bonds is 7. The highest BCUT2D eigenvalue weighted by molar-refractivity contribution is 5.99. The van der Waals surface area contributed by atoms with Gasteiger partial charge in [-0.1, -0.05) is 12.1 Å². The van der Waals surface area contributed by atoms with E-state index < -0.39 is 5.41 Å². The molecule has 5 rings (SSSR count). The summed E-state index contributed by atoms with van der Waals surface area (Å²) in [7, 11) is 0. The number of halogens is 1. The molecule has 1 aliphatic carbocycles. The minimum atomic E-state index is -0.923. The van der Waals surface area contributed by atoms with Crippen LogP contribution in [0.3, 0.4) is 0 Å². The fraction of sp³-hybridized carbons (Fsp3) is 0.444. The van der Waals surface area contributed by atoms with E-state index in [1.54, 1.807) is 6.92 Å². The zero-order valence-corrected chi connectivity index (χ0v) is 19.8. The molecule has 2 aliphatic heterocycles. The zero-order valence-electron chi connectivity index (χ0n) is 19.8. The van der Waals surface area contributed by atoms with Gasteiger partial charge in [0.15, 0.2) is 11.5 Å². The monoisotopic (exact) mass is 467 g/mol. The number of nitrogens with one attached hydrogen (secondary N) is 1. The predicted octanol–water partition coefficient (Wildman–Crippen LogP) is 4.48. The first-order chi connectivity index (χ1) is 16.5. The van der Waals surface area contributed by atoms with Gasteiger partial charge in [0.2, 0.25) is 6.79 Å². The molecule has 1 unspecified atom stereocenters. The number of hydrogen-bond donors (Lipinski definition) is 1. The van der Waals surface area contributed by atoms with Crippen LogP contribution < -0.4 is 19.5 Å². The highest BCUT2D eigenvalue weighted by Crippen LogP contribution is 2.59. The molecule has 34 heavy (non-hydrogen) atoms. The number of benzene rings is 2. The number of carbonyl (C=O) groups excluding carboxylic acids is 1. The summed E-state index contributed by atoms with van der Waals surface area (Å²) in [6.45, 7) is 8.29. The summed E-state index contributed by atoms with van der Waals surface area (Å²) in [5.74, 6) is 1.70. The highest BCUT2D eigenvalue weighted by atomic mass is 19.1. The molecule has 1 fully saturated rings. The lowest BCUT2D eigenvalue weighted by atomic mass is 9.81. The Labute approximate surface area is 199 Å². The molecule has 3 aliphatic rings. The van der Waals surface area contributed by atoms with Crippen molar-refractivity contribution in [2.45, 2.75) is 38.5 Å². The number of esters is 1. The van der Waals surface area contributed by atoms with Crippen molar-refractivity contribution in [2.75, 3.05) is 33.1 Å². The second-order valence-electron chi connectivity index (χ2n) is 9.14. The molecule has 0 aromatic heterocycles. The Morgan fingerprint density at radius 2 is 1.85 bits per heavy atom. The van der Waals surface area contributed by atoms with Gasteiger partial charge in [0.1, 0.15) is 17.0 Å². The van der Waals surface area contributed by atoms with E-state index in [2.05, 4.69) is 5.32 Å². The number of carbonyl (C=O) groups is 1. The highest BCUT2D eigenvalue weighted by Gasteiger charge is 2.59. The Morgan fingerprint density at radius 1 is 1.15 bits per heavy atom. The van der Waals surface area contributed by atoms with Gasteiger partial charge in [0, 0.05) is 24.1 Å². The lowest BCUT2D eigenvalue weighted by Crippen LogP contribution is -2.38. The molecule has 180 valence electrons. The SMILES string of the molecule is CCOC(=O)C1(c2cc3c(cc2OC[C@@H]2CNCCC2c2ccc(F)cc2)OCO3)C(C)=C1C. The number of hydrogen-bond acceptors (Lipinski definition) is 6. The van der Waals surface area contributed by atoms with Crippen molar-refractivity contribution in [3.63, 3.8) is 0 Å². The molecule has 2 aromatic carbocycles. The third-order valence-corrected chi connectivity index (χ3v) is 7.44. The Balaban J connectivity index is 1.45. The van der Waals surface area contributed by atoms with Crippen LogP contribution in [0.4, 0.5) is 4.39 Å². The van der Waals surface area contributed by atoms with Crippen molar-refractivity contribution in [3.8, 4) is 17.2 Å². The molecule has 0 radical (unpaired) electrons. The Kier molecular flexibility index (Phi) is 5.98. The maximum Gasteiger partial charge on any atom is 0.325 e. The van der Waals surface area contributed by atoms with Crippen molar-refractivity contribution in [1.82, 2.24) is 5.32 Å². The summed E-state index contributed by atoms with van der Waals surface area (Å²) < 4.78 is 36.6. The molecule has 2 atom stereocenters. The first-order valence-electron chi connectivity index (χ1n) is 11.9.